The molecule has 1 unspecified atom stereocenters. The molecule has 0 saturated carbocycles. The van der Waals surface area contributed by atoms with E-state index in [1.165, 1.54) is 12.1 Å². The first-order valence-corrected chi connectivity index (χ1v) is 13.2. The van der Waals surface area contributed by atoms with E-state index in [1.807, 2.05) is 19.2 Å². The number of sulfonamides is 1. The van der Waals surface area contributed by atoms with Crippen molar-refractivity contribution in [2.75, 3.05) is 36.8 Å². The van der Waals surface area contributed by atoms with Crippen LogP contribution in [0.25, 0.3) is 22.2 Å². The number of hydrogen-bond acceptors (Lipinski definition) is 6. The molecule has 1 aliphatic rings. The third kappa shape index (κ3) is 4.59. The molecule has 4 aromatic rings. The Bertz CT molecular complexity index is 1500. The van der Waals surface area contributed by atoms with Crippen LogP contribution in [0.5, 0.6) is 0 Å². The minimum atomic E-state index is -3.86. The number of aromatic nitrogens is 3. The molecular weight excluding hydrogens is 484 g/mol. The zero-order valence-corrected chi connectivity index (χ0v) is 21.4. The fourth-order valence-electron chi connectivity index (χ4n) is 4.51. The van der Waals surface area contributed by atoms with Gasteiger partial charge in [-0.2, -0.15) is 0 Å². The zero-order valence-electron chi connectivity index (χ0n) is 19.8. The van der Waals surface area contributed by atoms with Gasteiger partial charge >= 0.3 is 0 Å². The normalized spacial score (nSPS) is 16.4. The van der Waals surface area contributed by atoms with Gasteiger partial charge in [-0.3, -0.25) is 4.72 Å². The van der Waals surface area contributed by atoms with Gasteiger partial charge in [0.1, 0.15) is 11.5 Å². The second-order valence-electron chi connectivity index (χ2n) is 9.06. The van der Waals surface area contributed by atoms with Gasteiger partial charge < -0.3 is 14.8 Å². The van der Waals surface area contributed by atoms with Crippen molar-refractivity contribution in [3.05, 3.63) is 65.6 Å². The minimum Gasteiger partial charge on any atom is -0.355 e. The molecule has 4 heterocycles. The van der Waals surface area contributed by atoms with Gasteiger partial charge in [-0.15, -0.1) is 0 Å². The molecule has 1 atom stereocenters. The van der Waals surface area contributed by atoms with Crippen LogP contribution in [0, 0.1) is 6.92 Å². The highest BCUT2D eigenvalue weighted by molar-refractivity contribution is 7.92. The van der Waals surface area contributed by atoms with E-state index >= 15 is 0 Å². The Kier molecular flexibility index (Phi) is 6.16. The molecule has 1 saturated heterocycles. The average molecular weight is 511 g/mol. The SMILES string of the molecule is Cc1cnc2[nH]cc(-c3ccnc(N4CCC(N(C)C)C4)c3)c2c1NS(=O)(=O)c1cccc(Cl)c1. The van der Waals surface area contributed by atoms with Crippen molar-refractivity contribution in [3.8, 4) is 11.1 Å². The third-order valence-electron chi connectivity index (χ3n) is 6.51. The number of hydrogen-bond donors (Lipinski definition) is 2. The van der Waals surface area contributed by atoms with Gasteiger partial charge in [0.15, 0.2) is 0 Å². The monoisotopic (exact) mass is 510 g/mol. The molecule has 2 N–H and O–H groups in total. The van der Waals surface area contributed by atoms with Gasteiger partial charge in [0.25, 0.3) is 10.0 Å². The zero-order chi connectivity index (χ0) is 24.7. The maximum absolute atomic E-state index is 13.2. The Morgan fingerprint density at radius 2 is 2.03 bits per heavy atom. The number of pyridine rings is 2. The van der Waals surface area contributed by atoms with E-state index in [0.717, 1.165) is 36.5 Å². The number of likely N-dealkylation sites (N-methyl/N-ethyl adjacent to an activating group) is 1. The van der Waals surface area contributed by atoms with Gasteiger partial charge in [-0.1, -0.05) is 17.7 Å². The molecule has 8 nitrogen and oxygen atoms in total. The highest BCUT2D eigenvalue weighted by Crippen LogP contribution is 2.37. The van der Waals surface area contributed by atoms with Gasteiger partial charge in [-0.25, -0.2) is 18.4 Å². The fourth-order valence-corrected chi connectivity index (χ4v) is 5.95. The fraction of sp³-hybridized carbons (Fsp3) is 0.280. The van der Waals surface area contributed by atoms with Gasteiger partial charge in [0.05, 0.1) is 16.0 Å². The number of anilines is 2. The summed E-state index contributed by atoms with van der Waals surface area (Å²) in [6, 6.07) is 10.7. The largest absolute Gasteiger partial charge is 0.355 e. The smallest absolute Gasteiger partial charge is 0.261 e. The molecule has 1 fully saturated rings. The lowest BCUT2D eigenvalue weighted by Crippen LogP contribution is -2.31. The van der Waals surface area contributed by atoms with Crippen LogP contribution in [0.2, 0.25) is 5.02 Å². The lowest BCUT2D eigenvalue weighted by molar-refractivity contribution is 0.315. The van der Waals surface area contributed by atoms with Crippen LogP contribution in [0.4, 0.5) is 11.5 Å². The summed E-state index contributed by atoms with van der Waals surface area (Å²) in [5, 5.41) is 1.06. The number of nitrogens with one attached hydrogen (secondary N) is 2. The molecule has 0 spiro atoms. The van der Waals surface area contributed by atoms with Crippen LogP contribution in [0.15, 0.2) is 59.9 Å². The van der Waals surface area contributed by atoms with Crippen LogP contribution in [-0.2, 0) is 10.0 Å². The lowest BCUT2D eigenvalue weighted by Gasteiger charge is -2.21. The second-order valence-corrected chi connectivity index (χ2v) is 11.2. The van der Waals surface area contributed by atoms with E-state index in [4.69, 9.17) is 11.6 Å². The van der Waals surface area contributed by atoms with Gasteiger partial charge in [0, 0.05) is 48.3 Å². The van der Waals surface area contributed by atoms with E-state index in [-0.39, 0.29) is 4.90 Å². The van der Waals surface area contributed by atoms with E-state index in [2.05, 4.69) is 49.6 Å². The Morgan fingerprint density at radius 3 is 2.77 bits per heavy atom. The summed E-state index contributed by atoms with van der Waals surface area (Å²) in [4.78, 5) is 16.9. The van der Waals surface area contributed by atoms with Crippen molar-refractivity contribution < 1.29 is 8.42 Å². The molecule has 1 aromatic carbocycles. The lowest BCUT2D eigenvalue weighted by atomic mass is 10.0. The van der Waals surface area contributed by atoms with E-state index in [1.54, 1.807) is 24.5 Å². The standard InChI is InChI=1S/C25H27ClN6O2S/c1-16-13-28-25-23(24(16)30-35(33,34)20-6-4-5-18(26)12-20)21(14-29-25)17-7-9-27-22(11-17)32-10-8-19(15-32)31(2)3/h4-7,9,11-14,19H,8,10,15H2,1-3H3,(H2,28,29,30). The number of nitrogens with zero attached hydrogens (tertiary/aromatic N) is 4. The number of benzene rings is 1. The Hall–Kier alpha value is -3.14. The molecular formula is C25H27ClN6O2S. The topological polar surface area (TPSA) is 94.2 Å². The number of halogens is 1. The molecule has 3 aromatic heterocycles. The van der Waals surface area contributed by atoms with E-state index in [9.17, 15) is 8.42 Å². The molecule has 1 aliphatic heterocycles. The maximum Gasteiger partial charge on any atom is 0.261 e. The second kappa shape index (κ2) is 9.14. The summed E-state index contributed by atoms with van der Waals surface area (Å²) < 4.78 is 29.2. The highest BCUT2D eigenvalue weighted by atomic mass is 35.5. The van der Waals surface area contributed by atoms with Crippen LogP contribution in [-0.4, -0.2) is 61.5 Å². The van der Waals surface area contributed by atoms with Crippen molar-refractivity contribution in [1.82, 2.24) is 19.9 Å². The Balaban J connectivity index is 1.56. The number of H-pyrrole nitrogens is 1. The van der Waals surface area contributed by atoms with Crippen LogP contribution >= 0.6 is 11.6 Å². The predicted molar refractivity (Wildman–Crippen MR) is 141 cm³/mol. The Labute approximate surface area is 210 Å². The van der Waals surface area contributed by atoms with Crippen LogP contribution in [0.1, 0.15) is 12.0 Å². The molecule has 0 bridgehead atoms. The first-order chi connectivity index (χ1) is 16.7. The molecule has 35 heavy (non-hydrogen) atoms. The first kappa shape index (κ1) is 23.6. The van der Waals surface area contributed by atoms with Crippen molar-refractivity contribution in [2.24, 2.45) is 0 Å². The van der Waals surface area contributed by atoms with Gasteiger partial charge in [-0.05, 0) is 68.9 Å². The number of aryl methyl sites for hydroxylation is 1. The molecule has 10 heteroatoms. The quantitative estimate of drug-likeness (QED) is 0.396. The Morgan fingerprint density at radius 1 is 1.20 bits per heavy atom. The van der Waals surface area contributed by atoms with E-state index in [0.29, 0.717) is 33.3 Å². The number of aromatic amines is 1. The van der Waals surface area contributed by atoms with Crippen molar-refractivity contribution >= 4 is 44.2 Å². The van der Waals surface area contributed by atoms with Crippen LogP contribution in [0.3, 0.4) is 0 Å². The number of rotatable bonds is 6. The predicted octanol–water partition coefficient (Wildman–Crippen LogP) is 4.53. The van der Waals surface area contributed by atoms with E-state index < -0.39 is 10.0 Å². The summed E-state index contributed by atoms with van der Waals surface area (Å²) in [5.41, 5.74) is 3.59. The first-order valence-electron chi connectivity index (χ1n) is 11.4. The molecule has 182 valence electrons. The van der Waals surface area contributed by atoms with Crippen molar-refractivity contribution in [2.45, 2.75) is 24.3 Å². The summed E-state index contributed by atoms with van der Waals surface area (Å²) >= 11 is 6.04. The summed E-state index contributed by atoms with van der Waals surface area (Å²) in [6.45, 7) is 3.70. The highest BCUT2D eigenvalue weighted by Gasteiger charge is 2.26. The molecule has 5 rings (SSSR count). The van der Waals surface area contributed by atoms with Crippen molar-refractivity contribution in [3.63, 3.8) is 0 Å². The van der Waals surface area contributed by atoms with Gasteiger partial charge in [0.2, 0.25) is 0 Å². The van der Waals surface area contributed by atoms with Crippen molar-refractivity contribution in [1.29, 1.82) is 0 Å². The summed E-state index contributed by atoms with van der Waals surface area (Å²) in [5.74, 6) is 0.905. The minimum absolute atomic E-state index is 0.0992. The molecule has 0 aliphatic carbocycles. The molecule has 0 radical (unpaired) electrons. The maximum atomic E-state index is 13.2. The summed E-state index contributed by atoms with van der Waals surface area (Å²) in [6.07, 6.45) is 6.40. The number of fused-ring (bicyclic) bond motifs is 1. The third-order valence-corrected chi connectivity index (χ3v) is 8.09. The average Bonchev–Trinajstić information content (AvgIpc) is 3.49. The molecule has 0 amide bonds. The van der Waals surface area contributed by atoms with Crippen LogP contribution < -0.4 is 9.62 Å². The summed E-state index contributed by atoms with van der Waals surface area (Å²) in [7, 11) is 0.341.